The Labute approximate surface area is 208 Å². The quantitative estimate of drug-likeness (QED) is 0.570. The summed E-state index contributed by atoms with van der Waals surface area (Å²) in [5, 5.41) is 9.08. The number of nitriles is 1. The van der Waals surface area contributed by atoms with Crippen LogP contribution in [0.3, 0.4) is 0 Å². The third-order valence-corrected chi connectivity index (χ3v) is 7.83. The monoisotopic (exact) mass is 515 g/mol. The molecular formula is C25H20F3N3O6. The van der Waals surface area contributed by atoms with Crippen molar-refractivity contribution < 1.29 is 41.7 Å². The first-order chi connectivity index (χ1) is 17.5. The fraction of sp³-hybridized carbons (Fsp3) is 0.440. The predicted molar refractivity (Wildman–Crippen MR) is 117 cm³/mol. The Morgan fingerprint density at radius 3 is 2.65 bits per heavy atom. The van der Waals surface area contributed by atoms with E-state index in [2.05, 4.69) is 4.98 Å². The number of hydrogen-bond acceptors (Lipinski definition) is 8. The molecule has 5 atom stereocenters. The lowest BCUT2D eigenvalue weighted by atomic mass is 9.64. The highest BCUT2D eigenvalue weighted by atomic mass is 19.4. The summed E-state index contributed by atoms with van der Waals surface area (Å²) in [5.74, 6) is -2.19. The van der Waals surface area contributed by atoms with Crippen LogP contribution in [0.5, 0.6) is 17.5 Å². The second-order valence-electron chi connectivity index (χ2n) is 9.98. The number of pyridine rings is 1. The van der Waals surface area contributed by atoms with Crippen molar-refractivity contribution in [3.63, 3.8) is 0 Å². The number of benzene rings is 1. The maximum Gasteiger partial charge on any atom is 0.417 e. The molecule has 1 aromatic carbocycles. The van der Waals surface area contributed by atoms with Crippen LogP contribution in [0.2, 0.25) is 0 Å². The van der Waals surface area contributed by atoms with Crippen molar-refractivity contribution in [2.75, 3.05) is 18.3 Å². The van der Waals surface area contributed by atoms with Gasteiger partial charge in [0.15, 0.2) is 5.75 Å². The predicted octanol–water partition coefficient (Wildman–Crippen LogP) is 3.45. The molecule has 192 valence electrons. The van der Waals surface area contributed by atoms with Crippen LogP contribution in [-0.4, -0.2) is 41.4 Å². The number of rotatable bonds is 4. The molecule has 0 N–H and O–H groups in total. The largest absolute Gasteiger partial charge is 0.477 e. The van der Waals surface area contributed by atoms with Crippen molar-refractivity contribution in [3.05, 3.63) is 41.5 Å². The number of anilines is 1. The summed E-state index contributed by atoms with van der Waals surface area (Å²) in [4.78, 5) is 32.1. The van der Waals surface area contributed by atoms with E-state index < -0.39 is 52.2 Å². The minimum atomic E-state index is -4.83. The molecule has 0 saturated carbocycles. The van der Waals surface area contributed by atoms with Gasteiger partial charge in [0.1, 0.15) is 0 Å². The summed E-state index contributed by atoms with van der Waals surface area (Å²) in [6.45, 7) is 3.68. The van der Waals surface area contributed by atoms with Gasteiger partial charge in [-0.15, -0.1) is 0 Å². The van der Waals surface area contributed by atoms with E-state index in [9.17, 15) is 22.8 Å². The molecule has 5 heterocycles. The second kappa shape index (κ2) is 7.58. The van der Waals surface area contributed by atoms with E-state index in [1.165, 1.54) is 12.1 Å². The number of ether oxygens (including phenoxy) is 4. The Kier molecular flexibility index (Phi) is 4.82. The van der Waals surface area contributed by atoms with Gasteiger partial charge in [-0.1, -0.05) is 0 Å². The summed E-state index contributed by atoms with van der Waals surface area (Å²) >= 11 is 0. The first-order valence-corrected chi connectivity index (χ1v) is 11.5. The van der Waals surface area contributed by atoms with Crippen LogP contribution < -0.4 is 19.1 Å². The average Bonchev–Trinajstić information content (AvgIpc) is 3.54. The topological polar surface area (TPSA) is 111 Å². The van der Waals surface area contributed by atoms with Gasteiger partial charge in [-0.25, -0.2) is 4.90 Å². The summed E-state index contributed by atoms with van der Waals surface area (Å²) in [6.07, 6.45) is -4.42. The zero-order valence-corrected chi connectivity index (χ0v) is 19.7. The number of aromatic nitrogens is 1. The standard InChI is InChI=1S/C25H20F3N3O6/c1-23-8-13(10-34-17-6-5-16-20(30-17)36-11-35-16)24(2,37-23)19-18(23)21(32)31(22(19)33)14-4-3-12(9-29)15(7-14)25(26,27)28/h3-7,13,18-19H,8,10-11H2,1-2H3/t13-,18+,19-,23+,24-/m0/s1. The first-order valence-electron chi connectivity index (χ1n) is 11.5. The molecule has 1 aromatic heterocycles. The molecule has 0 spiro atoms. The molecule has 4 aliphatic rings. The fourth-order valence-electron chi connectivity index (χ4n) is 6.21. The summed E-state index contributed by atoms with van der Waals surface area (Å²) in [5.41, 5.74) is -4.11. The van der Waals surface area contributed by atoms with Crippen LogP contribution >= 0.6 is 0 Å². The Hall–Kier alpha value is -3.85. The lowest BCUT2D eigenvalue weighted by Crippen LogP contribution is -2.48. The third kappa shape index (κ3) is 3.30. The fourth-order valence-corrected chi connectivity index (χ4v) is 6.21. The van der Waals surface area contributed by atoms with Crippen molar-refractivity contribution >= 4 is 17.5 Å². The molecule has 2 bridgehead atoms. The minimum Gasteiger partial charge on any atom is -0.477 e. The number of amides is 2. The minimum absolute atomic E-state index is 0.0675. The summed E-state index contributed by atoms with van der Waals surface area (Å²) in [6, 6.07) is 7.63. The van der Waals surface area contributed by atoms with Crippen molar-refractivity contribution in [2.45, 2.75) is 37.6 Å². The van der Waals surface area contributed by atoms with E-state index in [1.54, 1.807) is 26.0 Å². The lowest BCUT2D eigenvalue weighted by Gasteiger charge is -2.35. The molecule has 3 fully saturated rings. The highest BCUT2D eigenvalue weighted by Crippen LogP contribution is 2.63. The number of fused-ring (bicyclic) bond motifs is 6. The number of halogens is 3. The first kappa shape index (κ1) is 23.5. The lowest BCUT2D eigenvalue weighted by molar-refractivity contribution is -0.138. The third-order valence-electron chi connectivity index (χ3n) is 7.83. The van der Waals surface area contributed by atoms with Gasteiger partial charge in [0.25, 0.3) is 5.88 Å². The van der Waals surface area contributed by atoms with Crippen molar-refractivity contribution in [1.29, 1.82) is 5.26 Å². The Morgan fingerprint density at radius 2 is 1.92 bits per heavy atom. The number of imide groups is 1. The molecule has 9 nitrogen and oxygen atoms in total. The zero-order chi connectivity index (χ0) is 26.3. The molecule has 3 saturated heterocycles. The average molecular weight is 515 g/mol. The van der Waals surface area contributed by atoms with Crippen molar-refractivity contribution in [3.8, 4) is 23.6 Å². The van der Waals surface area contributed by atoms with Crippen LogP contribution in [0.25, 0.3) is 0 Å². The number of alkyl halides is 3. The molecule has 0 radical (unpaired) electrons. The maximum absolute atomic E-state index is 13.6. The van der Waals surface area contributed by atoms with Crippen LogP contribution in [-0.2, 0) is 20.5 Å². The van der Waals surface area contributed by atoms with E-state index in [0.717, 1.165) is 11.0 Å². The molecule has 12 heteroatoms. The normalized spacial score (nSPS) is 31.6. The Morgan fingerprint density at radius 1 is 1.16 bits per heavy atom. The Bertz CT molecular complexity index is 1390. The molecule has 2 aromatic rings. The maximum atomic E-state index is 13.6. The summed E-state index contributed by atoms with van der Waals surface area (Å²) < 4.78 is 63.3. The van der Waals surface area contributed by atoms with Gasteiger partial charge in [-0.3, -0.25) is 9.59 Å². The highest BCUT2D eigenvalue weighted by molar-refractivity contribution is 6.23. The van der Waals surface area contributed by atoms with E-state index in [1.807, 2.05) is 0 Å². The van der Waals surface area contributed by atoms with E-state index in [4.69, 9.17) is 24.2 Å². The molecule has 2 amide bonds. The van der Waals surface area contributed by atoms with Gasteiger partial charge in [-0.05, 0) is 44.5 Å². The van der Waals surface area contributed by atoms with Gasteiger partial charge in [0, 0.05) is 12.0 Å². The van der Waals surface area contributed by atoms with Crippen molar-refractivity contribution in [1.82, 2.24) is 4.98 Å². The van der Waals surface area contributed by atoms with Gasteiger partial charge in [0.05, 0.1) is 52.5 Å². The molecule has 37 heavy (non-hydrogen) atoms. The van der Waals surface area contributed by atoms with Crippen LogP contribution in [0, 0.1) is 29.1 Å². The number of nitrogens with zero attached hydrogens (tertiary/aromatic N) is 3. The van der Waals surface area contributed by atoms with Gasteiger partial charge >= 0.3 is 6.18 Å². The van der Waals surface area contributed by atoms with Crippen LogP contribution in [0.15, 0.2) is 30.3 Å². The van der Waals surface area contributed by atoms with Crippen LogP contribution in [0.4, 0.5) is 18.9 Å². The molecule has 0 unspecified atom stereocenters. The zero-order valence-electron chi connectivity index (χ0n) is 19.7. The molecule has 0 aliphatic carbocycles. The highest BCUT2D eigenvalue weighted by Gasteiger charge is 2.75. The Balaban J connectivity index is 1.28. The number of carbonyl (C=O) groups is 2. The smallest absolute Gasteiger partial charge is 0.417 e. The van der Waals surface area contributed by atoms with E-state index in [-0.39, 0.29) is 25.0 Å². The number of carbonyl (C=O) groups excluding carboxylic acids is 2. The van der Waals surface area contributed by atoms with Gasteiger partial charge in [-0.2, -0.15) is 23.4 Å². The van der Waals surface area contributed by atoms with Gasteiger partial charge < -0.3 is 18.9 Å². The van der Waals surface area contributed by atoms with Crippen LogP contribution in [0.1, 0.15) is 31.4 Å². The molecule has 6 rings (SSSR count). The van der Waals surface area contributed by atoms with E-state index >= 15 is 0 Å². The van der Waals surface area contributed by atoms with E-state index in [0.29, 0.717) is 30.0 Å². The second-order valence-corrected chi connectivity index (χ2v) is 9.98. The SMILES string of the molecule is C[C@]12O[C@](C)(C[C@H]1COc1ccc3c(n1)OCO3)[C@H]1C(=O)N(c3ccc(C#N)c(C(F)(F)F)c3)C(=O)[C@H]12. The summed E-state index contributed by atoms with van der Waals surface area (Å²) in [7, 11) is 0. The van der Waals surface area contributed by atoms with Gasteiger partial charge in [0.2, 0.25) is 24.5 Å². The number of hydrogen-bond donors (Lipinski definition) is 0. The molecular weight excluding hydrogens is 495 g/mol. The van der Waals surface area contributed by atoms with Crippen molar-refractivity contribution in [2.24, 2.45) is 17.8 Å². The molecule has 4 aliphatic heterocycles.